The van der Waals surface area contributed by atoms with Gasteiger partial charge in [0, 0.05) is 36.1 Å². The largest absolute Gasteiger partial charge is 0.328 e. The van der Waals surface area contributed by atoms with Crippen molar-refractivity contribution in [2.45, 2.75) is 25.3 Å². The van der Waals surface area contributed by atoms with Crippen LogP contribution in [0.2, 0.25) is 5.02 Å². The quantitative estimate of drug-likeness (QED) is 0.628. The van der Waals surface area contributed by atoms with E-state index in [9.17, 15) is 4.79 Å². The summed E-state index contributed by atoms with van der Waals surface area (Å²) in [7, 11) is 4.18. The number of carbonyl (C=O) groups is 1. The van der Waals surface area contributed by atoms with Crippen LogP contribution in [-0.2, 0) is 11.3 Å². The van der Waals surface area contributed by atoms with Gasteiger partial charge in [-0.05, 0) is 57.4 Å². The zero-order chi connectivity index (χ0) is 19.7. The van der Waals surface area contributed by atoms with E-state index in [1.54, 1.807) is 0 Å². The molecule has 1 aromatic heterocycles. The predicted molar refractivity (Wildman–Crippen MR) is 114 cm³/mol. The number of aromatic nitrogens is 2. The Morgan fingerprint density at radius 2 is 2.00 bits per heavy atom. The average molecular weight is 397 g/mol. The van der Waals surface area contributed by atoms with Gasteiger partial charge >= 0.3 is 0 Å². The minimum atomic E-state index is 0.0817. The molecule has 1 aliphatic heterocycles. The van der Waals surface area contributed by atoms with E-state index in [0.717, 1.165) is 42.1 Å². The molecule has 0 aliphatic carbocycles. The summed E-state index contributed by atoms with van der Waals surface area (Å²) in [6.45, 7) is 2.55. The number of halogens is 1. The number of imidazole rings is 1. The Morgan fingerprint density at radius 1 is 1.18 bits per heavy atom. The van der Waals surface area contributed by atoms with Crippen molar-refractivity contribution in [2.75, 3.05) is 32.1 Å². The van der Waals surface area contributed by atoms with Gasteiger partial charge in [0.2, 0.25) is 5.91 Å². The highest BCUT2D eigenvalue weighted by atomic mass is 35.5. The summed E-state index contributed by atoms with van der Waals surface area (Å²) in [5.74, 6) is 1.22. The molecule has 1 amide bonds. The molecule has 2 aromatic carbocycles. The molecule has 0 spiro atoms. The van der Waals surface area contributed by atoms with Crippen LogP contribution in [0.3, 0.4) is 0 Å². The van der Waals surface area contributed by atoms with Gasteiger partial charge in [-0.1, -0.05) is 29.8 Å². The maximum Gasteiger partial charge on any atom is 0.227 e. The maximum atomic E-state index is 12.7. The number of rotatable bonds is 6. The van der Waals surface area contributed by atoms with Crippen LogP contribution in [0, 0.1) is 0 Å². The molecular formula is C22H25ClN4O. The van der Waals surface area contributed by atoms with E-state index in [0.29, 0.717) is 18.0 Å². The molecule has 6 heteroatoms. The molecule has 3 aromatic rings. The van der Waals surface area contributed by atoms with Crippen molar-refractivity contribution in [3.8, 4) is 0 Å². The standard InChI is InChI=1S/C22H25ClN4O/c1-25(2)11-6-12-26-20-10-4-3-9-19(20)24-22(26)16-13-21(28)27(15-16)18-8-5-7-17(23)14-18/h3-5,7-10,14,16H,6,11-13,15H2,1-2H3. The van der Waals surface area contributed by atoms with Crippen molar-refractivity contribution >= 4 is 34.2 Å². The van der Waals surface area contributed by atoms with Crippen LogP contribution in [0.25, 0.3) is 11.0 Å². The van der Waals surface area contributed by atoms with Crippen molar-refractivity contribution in [1.82, 2.24) is 14.5 Å². The lowest BCUT2D eigenvalue weighted by Crippen LogP contribution is -2.24. The zero-order valence-corrected chi connectivity index (χ0v) is 17.1. The van der Waals surface area contributed by atoms with Crippen molar-refractivity contribution in [1.29, 1.82) is 0 Å². The van der Waals surface area contributed by atoms with Gasteiger partial charge in [-0.15, -0.1) is 0 Å². The number of anilines is 1. The van der Waals surface area contributed by atoms with Gasteiger partial charge in [-0.25, -0.2) is 4.98 Å². The van der Waals surface area contributed by atoms with Crippen molar-refractivity contribution in [3.05, 3.63) is 59.4 Å². The first-order valence-corrected chi connectivity index (χ1v) is 10.1. The summed E-state index contributed by atoms with van der Waals surface area (Å²) in [6.07, 6.45) is 1.52. The Bertz CT molecular complexity index is 997. The smallest absolute Gasteiger partial charge is 0.227 e. The SMILES string of the molecule is CN(C)CCCn1c(C2CC(=O)N(c3cccc(Cl)c3)C2)nc2ccccc21. The molecule has 0 radical (unpaired) electrons. The molecule has 28 heavy (non-hydrogen) atoms. The highest BCUT2D eigenvalue weighted by Crippen LogP contribution is 2.34. The molecule has 4 rings (SSSR count). The van der Waals surface area contributed by atoms with Gasteiger partial charge in [0.05, 0.1) is 11.0 Å². The number of para-hydroxylation sites is 2. The molecule has 0 N–H and O–H groups in total. The Kier molecular flexibility index (Phi) is 5.38. The van der Waals surface area contributed by atoms with E-state index in [1.165, 1.54) is 0 Å². The number of fused-ring (bicyclic) bond motifs is 1. The molecule has 0 bridgehead atoms. The molecule has 1 unspecified atom stereocenters. The van der Waals surface area contributed by atoms with E-state index < -0.39 is 0 Å². The van der Waals surface area contributed by atoms with E-state index in [2.05, 4.69) is 29.6 Å². The Balaban J connectivity index is 1.64. The topological polar surface area (TPSA) is 41.4 Å². The second kappa shape index (κ2) is 7.94. The second-order valence-electron chi connectivity index (χ2n) is 7.65. The fourth-order valence-corrected chi connectivity index (χ4v) is 4.14. The normalized spacial score (nSPS) is 17.2. The Morgan fingerprint density at radius 3 is 2.79 bits per heavy atom. The van der Waals surface area contributed by atoms with Gasteiger partial charge in [0.1, 0.15) is 5.82 Å². The minimum absolute atomic E-state index is 0.0817. The average Bonchev–Trinajstić information content (AvgIpc) is 3.22. The van der Waals surface area contributed by atoms with Crippen LogP contribution < -0.4 is 4.90 Å². The lowest BCUT2D eigenvalue weighted by molar-refractivity contribution is -0.117. The third kappa shape index (κ3) is 3.77. The van der Waals surface area contributed by atoms with Crippen molar-refractivity contribution in [3.63, 3.8) is 0 Å². The van der Waals surface area contributed by atoms with Crippen LogP contribution in [0.15, 0.2) is 48.5 Å². The fourth-order valence-electron chi connectivity index (χ4n) is 3.96. The molecule has 1 saturated heterocycles. The lowest BCUT2D eigenvalue weighted by Gasteiger charge is -2.18. The first kappa shape index (κ1) is 19.0. The van der Waals surface area contributed by atoms with Crippen LogP contribution in [0.4, 0.5) is 5.69 Å². The zero-order valence-electron chi connectivity index (χ0n) is 16.3. The minimum Gasteiger partial charge on any atom is -0.328 e. The molecule has 2 heterocycles. The Labute approximate surface area is 170 Å². The monoisotopic (exact) mass is 396 g/mol. The highest BCUT2D eigenvalue weighted by molar-refractivity contribution is 6.30. The first-order chi connectivity index (χ1) is 13.5. The first-order valence-electron chi connectivity index (χ1n) is 9.69. The lowest BCUT2D eigenvalue weighted by atomic mass is 10.1. The van der Waals surface area contributed by atoms with E-state index in [1.807, 2.05) is 47.4 Å². The number of hydrogen-bond acceptors (Lipinski definition) is 3. The van der Waals surface area contributed by atoms with E-state index in [4.69, 9.17) is 16.6 Å². The summed E-state index contributed by atoms with van der Waals surface area (Å²) >= 11 is 6.13. The number of benzene rings is 2. The van der Waals surface area contributed by atoms with E-state index in [-0.39, 0.29) is 11.8 Å². The molecule has 1 atom stereocenters. The molecule has 1 aliphatic rings. The second-order valence-corrected chi connectivity index (χ2v) is 8.09. The summed E-state index contributed by atoms with van der Waals surface area (Å²) in [5, 5.41) is 0.643. The number of nitrogens with zero attached hydrogens (tertiary/aromatic N) is 4. The number of carbonyl (C=O) groups excluding carboxylic acids is 1. The summed E-state index contributed by atoms with van der Waals surface area (Å²) < 4.78 is 2.30. The number of hydrogen-bond donors (Lipinski definition) is 0. The van der Waals surface area contributed by atoms with Crippen LogP contribution in [-0.4, -0.2) is 47.5 Å². The molecule has 5 nitrogen and oxygen atoms in total. The molecule has 1 fully saturated rings. The number of aryl methyl sites for hydroxylation is 1. The predicted octanol–water partition coefficient (Wildman–Crippen LogP) is 4.16. The van der Waals surface area contributed by atoms with Gasteiger partial charge in [-0.3, -0.25) is 4.79 Å². The van der Waals surface area contributed by atoms with Crippen LogP contribution in [0.5, 0.6) is 0 Å². The summed E-state index contributed by atoms with van der Waals surface area (Å²) in [6, 6.07) is 15.7. The van der Waals surface area contributed by atoms with Crippen LogP contribution >= 0.6 is 11.6 Å². The Hall–Kier alpha value is -2.37. The van der Waals surface area contributed by atoms with Gasteiger partial charge in [0.15, 0.2) is 0 Å². The van der Waals surface area contributed by atoms with Crippen LogP contribution in [0.1, 0.15) is 24.6 Å². The van der Waals surface area contributed by atoms with Gasteiger partial charge in [0.25, 0.3) is 0 Å². The summed E-state index contributed by atoms with van der Waals surface area (Å²) in [4.78, 5) is 21.7. The molecule has 146 valence electrons. The molecular weight excluding hydrogens is 372 g/mol. The third-order valence-corrected chi connectivity index (χ3v) is 5.52. The number of amides is 1. The van der Waals surface area contributed by atoms with E-state index >= 15 is 0 Å². The maximum absolute atomic E-state index is 12.7. The fraction of sp³-hybridized carbons (Fsp3) is 0.364. The summed E-state index contributed by atoms with van der Waals surface area (Å²) in [5.41, 5.74) is 3.00. The van der Waals surface area contributed by atoms with Crippen molar-refractivity contribution in [2.24, 2.45) is 0 Å². The van der Waals surface area contributed by atoms with Gasteiger partial charge in [-0.2, -0.15) is 0 Å². The molecule has 0 saturated carbocycles. The van der Waals surface area contributed by atoms with Gasteiger partial charge < -0.3 is 14.4 Å². The third-order valence-electron chi connectivity index (χ3n) is 5.28. The van der Waals surface area contributed by atoms with Crippen molar-refractivity contribution < 1.29 is 4.79 Å². The highest BCUT2D eigenvalue weighted by Gasteiger charge is 2.34.